The van der Waals surface area contributed by atoms with Gasteiger partial charge in [-0.25, -0.2) is 4.98 Å². The predicted octanol–water partition coefficient (Wildman–Crippen LogP) is 2.45. The Kier molecular flexibility index (Phi) is 7.31. The van der Waals surface area contributed by atoms with Crippen molar-refractivity contribution in [2.45, 2.75) is 31.8 Å². The first-order chi connectivity index (χ1) is 16.1. The average Bonchev–Trinajstić information content (AvgIpc) is 2.84. The Morgan fingerprint density at radius 3 is 2.85 bits per heavy atom. The monoisotopic (exact) mass is 449 g/mol. The van der Waals surface area contributed by atoms with E-state index in [9.17, 15) is 0 Å². The fraction of sp³-hybridized carbons (Fsp3) is 0.417. The van der Waals surface area contributed by atoms with E-state index in [1.165, 1.54) is 6.08 Å². The van der Waals surface area contributed by atoms with Crippen LogP contribution >= 0.6 is 0 Å². The number of hydrogen-bond acceptors (Lipinski definition) is 9. The fourth-order valence-corrected chi connectivity index (χ4v) is 4.18. The Labute approximate surface area is 193 Å². The predicted molar refractivity (Wildman–Crippen MR) is 131 cm³/mol. The van der Waals surface area contributed by atoms with Crippen LogP contribution in [0.4, 0.5) is 5.82 Å². The Bertz CT molecular complexity index is 1080. The molecule has 1 atom stereocenters. The quantitative estimate of drug-likeness (QED) is 0.477. The first kappa shape index (κ1) is 22.9. The molecule has 1 unspecified atom stereocenters. The lowest BCUT2D eigenvalue weighted by molar-refractivity contribution is 0.0812. The Morgan fingerprint density at radius 1 is 1.27 bits per heavy atom. The van der Waals surface area contributed by atoms with E-state index in [0.29, 0.717) is 41.9 Å². The number of nitrogens with one attached hydrogen (secondary N) is 3. The van der Waals surface area contributed by atoms with Gasteiger partial charge >= 0.3 is 0 Å². The Hall–Kier alpha value is -3.30. The molecule has 9 nitrogen and oxygen atoms in total. The van der Waals surface area contributed by atoms with Gasteiger partial charge in [0.1, 0.15) is 17.0 Å². The molecule has 0 aromatic carbocycles. The largest absolute Gasteiger partial charge is 0.397 e. The summed E-state index contributed by atoms with van der Waals surface area (Å²) < 4.78 is 11.0. The highest BCUT2D eigenvalue weighted by molar-refractivity contribution is 6.15. The van der Waals surface area contributed by atoms with E-state index in [4.69, 9.17) is 31.0 Å². The molecule has 0 amide bonds. The maximum atomic E-state index is 8.82. The second-order valence-corrected chi connectivity index (χ2v) is 8.29. The molecule has 2 aromatic heterocycles. The molecular weight excluding hydrogens is 418 g/mol. The summed E-state index contributed by atoms with van der Waals surface area (Å²) in [6, 6.07) is 4.35. The lowest BCUT2D eigenvalue weighted by Crippen LogP contribution is -2.44. The summed E-state index contributed by atoms with van der Waals surface area (Å²) in [5.41, 5.74) is 8.82. The van der Waals surface area contributed by atoms with E-state index in [2.05, 4.69) is 22.1 Å². The first-order valence-electron chi connectivity index (χ1n) is 11.3. The molecule has 33 heavy (non-hydrogen) atoms. The number of nitrogens with two attached hydrogens (primary N) is 1. The van der Waals surface area contributed by atoms with Crippen LogP contribution in [0, 0.1) is 10.8 Å². The third-order valence-corrected chi connectivity index (χ3v) is 6.01. The van der Waals surface area contributed by atoms with Gasteiger partial charge in [-0.15, -0.1) is 0 Å². The van der Waals surface area contributed by atoms with Crippen molar-refractivity contribution < 1.29 is 9.47 Å². The van der Waals surface area contributed by atoms with Crippen molar-refractivity contribution >= 4 is 34.3 Å². The third kappa shape index (κ3) is 5.20. The van der Waals surface area contributed by atoms with Crippen molar-refractivity contribution in [3.8, 4) is 0 Å². The van der Waals surface area contributed by atoms with Gasteiger partial charge in [0, 0.05) is 49.2 Å². The molecule has 4 heterocycles. The van der Waals surface area contributed by atoms with E-state index < -0.39 is 0 Å². The van der Waals surface area contributed by atoms with Crippen LogP contribution in [0.5, 0.6) is 0 Å². The summed E-state index contributed by atoms with van der Waals surface area (Å²) in [5.74, 6) is 0.765. The van der Waals surface area contributed by atoms with Gasteiger partial charge in [0.2, 0.25) is 0 Å². The fourth-order valence-electron chi connectivity index (χ4n) is 4.18. The van der Waals surface area contributed by atoms with E-state index in [-0.39, 0.29) is 6.04 Å². The highest BCUT2D eigenvalue weighted by Gasteiger charge is 2.23. The zero-order valence-electron chi connectivity index (χ0n) is 18.9. The van der Waals surface area contributed by atoms with E-state index in [1.54, 1.807) is 12.3 Å². The summed E-state index contributed by atoms with van der Waals surface area (Å²) >= 11 is 0. The first-order valence-corrected chi connectivity index (χ1v) is 11.3. The highest BCUT2D eigenvalue weighted by atomic mass is 16.5. The van der Waals surface area contributed by atoms with E-state index >= 15 is 0 Å². The molecule has 4 rings (SSSR count). The van der Waals surface area contributed by atoms with E-state index in [0.717, 1.165) is 55.6 Å². The molecule has 174 valence electrons. The molecule has 0 bridgehead atoms. The second-order valence-electron chi connectivity index (χ2n) is 8.29. The van der Waals surface area contributed by atoms with Crippen molar-refractivity contribution in [2.75, 3.05) is 37.9 Å². The number of ether oxygens (including phenoxy) is 2. The number of morpholine rings is 1. The lowest BCUT2D eigenvalue weighted by atomic mass is 10.0. The molecule has 2 aliphatic heterocycles. The Morgan fingerprint density at radius 2 is 2.09 bits per heavy atom. The highest BCUT2D eigenvalue weighted by Crippen LogP contribution is 2.28. The van der Waals surface area contributed by atoms with Crippen LogP contribution in [0.15, 0.2) is 36.7 Å². The number of rotatable bonds is 7. The zero-order valence-corrected chi connectivity index (χ0v) is 18.9. The normalized spacial score (nSPS) is 20.3. The maximum absolute atomic E-state index is 8.82. The SMILES string of the molecule is CC1COCCN1c1cc(C(=N)/C=C\NC2CCOCC2)c2ccnc(/C(N)=C/C=N)c2n1. The van der Waals surface area contributed by atoms with Crippen LogP contribution in [0.3, 0.4) is 0 Å². The zero-order chi connectivity index (χ0) is 23.2. The third-order valence-electron chi connectivity index (χ3n) is 6.01. The number of nitrogens with zero attached hydrogens (tertiary/aromatic N) is 3. The molecule has 2 aromatic rings. The minimum atomic E-state index is 0.158. The minimum Gasteiger partial charge on any atom is -0.397 e. The lowest BCUT2D eigenvalue weighted by Gasteiger charge is -2.34. The number of anilines is 1. The maximum Gasteiger partial charge on any atom is 0.130 e. The molecular formula is C24H31N7O2. The summed E-state index contributed by atoms with van der Waals surface area (Å²) in [5, 5.41) is 20.4. The van der Waals surface area contributed by atoms with Crippen molar-refractivity contribution in [2.24, 2.45) is 5.73 Å². The van der Waals surface area contributed by atoms with Gasteiger partial charge in [-0.2, -0.15) is 0 Å². The van der Waals surface area contributed by atoms with Gasteiger partial charge in [-0.3, -0.25) is 4.98 Å². The van der Waals surface area contributed by atoms with Gasteiger partial charge < -0.3 is 36.2 Å². The van der Waals surface area contributed by atoms with Gasteiger partial charge in [-0.1, -0.05) is 0 Å². The average molecular weight is 450 g/mol. The smallest absolute Gasteiger partial charge is 0.130 e. The molecule has 0 spiro atoms. The number of fused-ring (bicyclic) bond motifs is 1. The number of allylic oxidation sites excluding steroid dienone is 2. The van der Waals surface area contributed by atoms with Crippen LogP contribution in [0.1, 0.15) is 31.0 Å². The van der Waals surface area contributed by atoms with Gasteiger partial charge in [0.15, 0.2) is 0 Å². The van der Waals surface area contributed by atoms with Crippen molar-refractivity contribution in [3.63, 3.8) is 0 Å². The van der Waals surface area contributed by atoms with Crippen molar-refractivity contribution in [3.05, 3.63) is 47.9 Å². The molecule has 0 radical (unpaired) electrons. The molecule has 2 aliphatic rings. The summed E-state index contributed by atoms with van der Waals surface area (Å²) in [6.07, 6.45) is 9.86. The van der Waals surface area contributed by atoms with Gasteiger partial charge in [0.05, 0.1) is 30.7 Å². The van der Waals surface area contributed by atoms with Gasteiger partial charge in [0.25, 0.3) is 0 Å². The number of hydrogen-bond donors (Lipinski definition) is 4. The summed E-state index contributed by atoms with van der Waals surface area (Å²) in [4.78, 5) is 11.5. The molecule has 9 heteroatoms. The summed E-state index contributed by atoms with van der Waals surface area (Å²) in [7, 11) is 0. The standard InChI is InChI=1S/C24H31N7O2/c1-16-15-33-13-10-31(16)22-14-19(20(26)4-9-28-17-5-11-32-12-6-17)18-3-8-29-24(23(18)30-22)21(27)2-7-25/h2-4,7-9,14,16-17,25-26,28H,5-6,10-13,15,27H2,1H3/b9-4-,21-2-,25-7?,26-20?. The number of aromatic nitrogens is 2. The minimum absolute atomic E-state index is 0.158. The van der Waals surface area contributed by atoms with E-state index in [1.807, 2.05) is 18.3 Å². The molecule has 5 N–H and O–H groups in total. The number of pyridine rings is 2. The van der Waals surface area contributed by atoms with Crippen LogP contribution in [-0.4, -0.2) is 67.0 Å². The molecule has 0 saturated carbocycles. The van der Waals surface area contributed by atoms with Crippen LogP contribution in [0.25, 0.3) is 16.6 Å². The van der Waals surface area contributed by atoms with Crippen molar-refractivity contribution in [1.82, 2.24) is 15.3 Å². The van der Waals surface area contributed by atoms with Crippen molar-refractivity contribution in [1.29, 1.82) is 10.8 Å². The Balaban J connectivity index is 1.74. The topological polar surface area (TPSA) is 133 Å². The van der Waals surface area contributed by atoms with Gasteiger partial charge in [-0.05, 0) is 50.3 Å². The van der Waals surface area contributed by atoms with Crippen LogP contribution in [0.2, 0.25) is 0 Å². The molecule has 2 saturated heterocycles. The molecule has 0 aliphatic carbocycles. The summed E-state index contributed by atoms with van der Waals surface area (Å²) in [6.45, 7) is 5.59. The molecule has 2 fully saturated rings. The second kappa shape index (κ2) is 10.5. The van der Waals surface area contributed by atoms with Crippen LogP contribution in [-0.2, 0) is 9.47 Å². The van der Waals surface area contributed by atoms with Crippen LogP contribution < -0.4 is 16.0 Å².